The average Bonchev–Trinajstić information content (AvgIpc) is 2.38. The first-order valence-electron chi connectivity index (χ1n) is 7.38. The monoisotopic (exact) mass is 259 g/mol. The molecule has 2 N–H and O–H groups in total. The molecule has 3 atom stereocenters. The van der Waals surface area contributed by atoms with Gasteiger partial charge in [-0.2, -0.15) is 0 Å². The van der Waals surface area contributed by atoms with Crippen molar-refractivity contribution in [1.82, 2.24) is 0 Å². The minimum atomic E-state index is 0.112. The fourth-order valence-electron chi connectivity index (χ4n) is 1.44. The summed E-state index contributed by atoms with van der Waals surface area (Å²) in [6.07, 6.45) is 3.20. The molecule has 0 aliphatic carbocycles. The summed E-state index contributed by atoms with van der Waals surface area (Å²) in [5.41, 5.74) is 5.96. The molecule has 0 rings (SSSR count). The van der Waals surface area contributed by atoms with Crippen LogP contribution in [-0.2, 0) is 9.47 Å². The van der Waals surface area contributed by atoms with E-state index in [1.54, 1.807) is 0 Å². The van der Waals surface area contributed by atoms with Crippen molar-refractivity contribution in [1.29, 1.82) is 0 Å². The van der Waals surface area contributed by atoms with E-state index in [2.05, 4.69) is 34.6 Å². The Labute approximate surface area is 113 Å². The summed E-state index contributed by atoms with van der Waals surface area (Å²) in [4.78, 5) is 0. The van der Waals surface area contributed by atoms with E-state index in [0.29, 0.717) is 12.5 Å². The molecule has 18 heavy (non-hydrogen) atoms. The van der Waals surface area contributed by atoms with E-state index in [0.717, 1.165) is 32.7 Å². The maximum Gasteiger partial charge on any atom is 0.0617 e. The van der Waals surface area contributed by atoms with Crippen molar-refractivity contribution >= 4 is 0 Å². The van der Waals surface area contributed by atoms with E-state index >= 15 is 0 Å². The van der Waals surface area contributed by atoms with Gasteiger partial charge in [0, 0.05) is 18.1 Å². The summed E-state index contributed by atoms with van der Waals surface area (Å²) in [7, 11) is 0. The molecule has 0 aliphatic rings. The molecule has 3 heteroatoms. The average molecular weight is 259 g/mol. The summed E-state index contributed by atoms with van der Waals surface area (Å²) < 4.78 is 11.5. The molecule has 0 aromatic rings. The van der Waals surface area contributed by atoms with Crippen LogP contribution in [0.5, 0.6) is 0 Å². The van der Waals surface area contributed by atoms with Gasteiger partial charge in [-0.3, -0.25) is 0 Å². The van der Waals surface area contributed by atoms with E-state index in [1.165, 1.54) is 6.42 Å². The van der Waals surface area contributed by atoms with Crippen LogP contribution < -0.4 is 5.73 Å². The Bertz CT molecular complexity index is 181. The molecular weight excluding hydrogens is 226 g/mol. The number of hydrogen-bond acceptors (Lipinski definition) is 3. The van der Waals surface area contributed by atoms with Gasteiger partial charge >= 0.3 is 0 Å². The zero-order chi connectivity index (χ0) is 14.0. The fraction of sp³-hybridized carbons (Fsp3) is 1.00. The van der Waals surface area contributed by atoms with Crippen molar-refractivity contribution in [2.45, 2.75) is 59.9 Å². The first-order valence-corrected chi connectivity index (χ1v) is 7.38. The van der Waals surface area contributed by atoms with Crippen LogP contribution >= 0.6 is 0 Å². The number of hydrogen-bond donors (Lipinski definition) is 1. The molecule has 0 aliphatic heterocycles. The van der Waals surface area contributed by atoms with Gasteiger partial charge in [0.1, 0.15) is 0 Å². The fourth-order valence-corrected chi connectivity index (χ4v) is 1.44. The molecule has 0 heterocycles. The van der Waals surface area contributed by atoms with Gasteiger partial charge in [0.05, 0.1) is 19.8 Å². The van der Waals surface area contributed by atoms with Crippen molar-refractivity contribution in [3.8, 4) is 0 Å². The Morgan fingerprint density at radius 1 is 1.00 bits per heavy atom. The first-order chi connectivity index (χ1) is 8.47. The maximum atomic E-state index is 5.85. The van der Waals surface area contributed by atoms with Gasteiger partial charge in [0.25, 0.3) is 0 Å². The Kier molecular flexibility index (Phi) is 9.70. The van der Waals surface area contributed by atoms with Crippen LogP contribution in [0.3, 0.4) is 0 Å². The van der Waals surface area contributed by atoms with E-state index in [-0.39, 0.29) is 11.5 Å². The predicted octanol–water partition coefficient (Wildman–Crippen LogP) is 3.22. The number of ether oxygens (including phenoxy) is 2. The molecular formula is C15H33NO2. The Morgan fingerprint density at radius 3 is 2.00 bits per heavy atom. The van der Waals surface area contributed by atoms with Crippen molar-refractivity contribution in [2.24, 2.45) is 17.1 Å². The van der Waals surface area contributed by atoms with E-state index in [9.17, 15) is 0 Å². The Hall–Kier alpha value is -0.120. The van der Waals surface area contributed by atoms with Crippen molar-refractivity contribution in [3.05, 3.63) is 0 Å². The van der Waals surface area contributed by atoms with Crippen LogP contribution in [0.2, 0.25) is 0 Å². The van der Waals surface area contributed by atoms with Crippen LogP contribution in [0.1, 0.15) is 53.9 Å². The highest BCUT2D eigenvalue weighted by molar-refractivity contribution is 4.72. The third-order valence-electron chi connectivity index (χ3n) is 3.71. The van der Waals surface area contributed by atoms with Gasteiger partial charge in [0.2, 0.25) is 0 Å². The van der Waals surface area contributed by atoms with Crippen molar-refractivity contribution in [2.75, 3.05) is 26.4 Å². The molecule has 0 amide bonds. The van der Waals surface area contributed by atoms with Crippen LogP contribution in [-0.4, -0.2) is 32.5 Å². The molecule has 3 nitrogen and oxygen atoms in total. The normalized spacial score (nSPS) is 18.3. The largest absolute Gasteiger partial charge is 0.381 e. The van der Waals surface area contributed by atoms with Crippen LogP contribution in [0, 0.1) is 11.3 Å². The summed E-state index contributed by atoms with van der Waals surface area (Å²) in [5, 5.41) is 0. The highest BCUT2D eigenvalue weighted by Gasteiger charge is 2.23. The van der Waals surface area contributed by atoms with Gasteiger partial charge in [-0.05, 0) is 18.8 Å². The summed E-state index contributed by atoms with van der Waals surface area (Å²) in [5.74, 6) is 0.639. The number of nitrogens with two attached hydrogens (primary N) is 1. The Balaban J connectivity index is 3.87. The molecule has 110 valence electrons. The van der Waals surface area contributed by atoms with Crippen molar-refractivity contribution < 1.29 is 9.47 Å². The molecule has 0 bridgehead atoms. The third kappa shape index (κ3) is 8.06. The van der Waals surface area contributed by atoms with Gasteiger partial charge < -0.3 is 15.2 Å². The smallest absolute Gasteiger partial charge is 0.0617 e. The molecule has 0 radical (unpaired) electrons. The second kappa shape index (κ2) is 9.76. The van der Waals surface area contributed by atoms with Gasteiger partial charge in [-0.25, -0.2) is 0 Å². The lowest BCUT2D eigenvalue weighted by Gasteiger charge is -2.29. The van der Waals surface area contributed by atoms with E-state index in [1.807, 2.05) is 0 Å². The van der Waals surface area contributed by atoms with Crippen LogP contribution in [0.15, 0.2) is 0 Å². The quantitative estimate of drug-likeness (QED) is 0.619. The van der Waals surface area contributed by atoms with Gasteiger partial charge in [0.15, 0.2) is 0 Å². The molecule has 0 aromatic heterocycles. The second-order valence-electron chi connectivity index (χ2n) is 5.88. The van der Waals surface area contributed by atoms with Crippen LogP contribution in [0.4, 0.5) is 0 Å². The topological polar surface area (TPSA) is 44.5 Å². The second-order valence-corrected chi connectivity index (χ2v) is 5.88. The molecule has 0 spiro atoms. The molecule has 0 saturated carbocycles. The molecule has 0 aromatic carbocycles. The zero-order valence-corrected chi connectivity index (χ0v) is 13.0. The minimum Gasteiger partial charge on any atom is -0.381 e. The van der Waals surface area contributed by atoms with Crippen LogP contribution in [0.25, 0.3) is 0 Å². The lowest BCUT2D eigenvalue weighted by atomic mass is 9.90. The van der Waals surface area contributed by atoms with Gasteiger partial charge in [-0.1, -0.05) is 41.0 Å². The van der Waals surface area contributed by atoms with E-state index < -0.39 is 0 Å². The zero-order valence-electron chi connectivity index (χ0n) is 13.0. The summed E-state index contributed by atoms with van der Waals surface area (Å²) >= 11 is 0. The molecule has 3 unspecified atom stereocenters. The Morgan fingerprint density at radius 2 is 1.56 bits per heavy atom. The lowest BCUT2D eigenvalue weighted by molar-refractivity contribution is -0.0253. The summed E-state index contributed by atoms with van der Waals surface area (Å²) in [6, 6.07) is 0.159. The predicted molar refractivity (Wildman–Crippen MR) is 77.8 cm³/mol. The van der Waals surface area contributed by atoms with Gasteiger partial charge in [-0.15, -0.1) is 0 Å². The standard InChI is InChI=1S/C15H33NO2/c1-6-13(4)9-17-11-15(5,8-3)12-18-10-14(16)7-2/h13-14H,6-12,16H2,1-5H3. The minimum absolute atomic E-state index is 0.112. The van der Waals surface area contributed by atoms with E-state index in [4.69, 9.17) is 15.2 Å². The highest BCUT2D eigenvalue weighted by Crippen LogP contribution is 2.22. The first kappa shape index (κ1) is 17.9. The molecule has 0 fully saturated rings. The van der Waals surface area contributed by atoms with Crippen molar-refractivity contribution in [3.63, 3.8) is 0 Å². The number of rotatable bonds is 11. The SMILES string of the molecule is CCC(C)COCC(C)(CC)COCC(N)CC. The molecule has 0 saturated heterocycles. The maximum absolute atomic E-state index is 5.85. The third-order valence-corrected chi connectivity index (χ3v) is 3.71. The summed E-state index contributed by atoms with van der Waals surface area (Å²) in [6.45, 7) is 13.9. The lowest BCUT2D eigenvalue weighted by Crippen LogP contribution is -2.32. The highest BCUT2D eigenvalue weighted by atomic mass is 16.5.